The molecule has 0 fully saturated rings. The fourth-order valence-corrected chi connectivity index (χ4v) is 8.95. The smallest absolute Gasteiger partial charge is 0.249 e. The Bertz CT molecular complexity index is 955. The van der Waals surface area contributed by atoms with Crippen molar-refractivity contribution in [2.24, 2.45) is 0 Å². The number of nitrogens with one attached hydrogen (secondary N) is 1. The first-order valence-electron chi connectivity index (χ1n) is 28.2. The molecule has 63 heavy (non-hydrogen) atoms. The largest absolute Gasteiger partial charge is 0.394 e. The van der Waals surface area contributed by atoms with E-state index in [9.17, 15) is 25.2 Å². The van der Waals surface area contributed by atoms with E-state index in [2.05, 4.69) is 43.5 Å². The normalized spacial score (nSPS) is 13.9. The van der Waals surface area contributed by atoms with Crippen LogP contribution in [-0.4, -0.2) is 57.3 Å². The van der Waals surface area contributed by atoms with E-state index >= 15 is 0 Å². The molecule has 0 heterocycles. The molecule has 0 saturated carbocycles. The first-order chi connectivity index (χ1) is 31.0. The molecule has 0 radical (unpaired) electrons. The fourth-order valence-electron chi connectivity index (χ4n) is 8.95. The maximum Gasteiger partial charge on any atom is 0.249 e. The Labute approximate surface area is 393 Å². The lowest BCUT2D eigenvalue weighted by Gasteiger charge is -2.27. The fraction of sp³-hybridized carbons (Fsp3) is 0.912. The van der Waals surface area contributed by atoms with Gasteiger partial charge in [0.25, 0.3) is 0 Å². The zero-order chi connectivity index (χ0) is 45.9. The molecule has 0 aromatic carbocycles. The van der Waals surface area contributed by atoms with Crippen molar-refractivity contribution in [3.8, 4) is 0 Å². The highest BCUT2D eigenvalue weighted by atomic mass is 16.3. The number of carbonyl (C=O) groups excluding carboxylic acids is 1. The van der Waals surface area contributed by atoms with Gasteiger partial charge in [0.15, 0.2) is 0 Å². The summed E-state index contributed by atoms with van der Waals surface area (Å²) in [5.41, 5.74) is 0. The highest BCUT2D eigenvalue weighted by molar-refractivity contribution is 5.80. The van der Waals surface area contributed by atoms with Crippen LogP contribution in [0, 0.1) is 0 Å². The summed E-state index contributed by atoms with van der Waals surface area (Å²) < 4.78 is 0. The van der Waals surface area contributed by atoms with Crippen LogP contribution in [0.1, 0.15) is 303 Å². The molecule has 0 spiro atoms. The van der Waals surface area contributed by atoms with E-state index in [4.69, 9.17) is 0 Å². The number of aliphatic hydroxyl groups excluding tert-OH is 4. The second-order valence-electron chi connectivity index (χ2n) is 19.6. The molecule has 0 rings (SSSR count). The van der Waals surface area contributed by atoms with E-state index in [1.807, 2.05) is 0 Å². The second-order valence-corrected chi connectivity index (χ2v) is 19.6. The quantitative estimate of drug-likeness (QED) is 0.0309. The van der Waals surface area contributed by atoms with Crippen LogP contribution in [0.25, 0.3) is 0 Å². The molecule has 5 N–H and O–H groups in total. The van der Waals surface area contributed by atoms with Crippen molar-refractivity contribution in [3.63, 3.8) is 0 Å². The lowest BCUT2D eigenvalue weighted by atomic mass is 10.00. The van der Waals surface area contributed by atoms with Crippen LogP contribution in [0.4, 0.5) is 0 Å². The highest BCUT2D eigenvalue weighted by Crippen LogP contribution is 2.18. The highest BCUT2D eigenvalue weighted by Gasteiger charge is 2.28. The van der Waals surface area contributed by atoms with E-state index < -0.39 is 36.9 Å². The molecule has 0 aromatic heterocycles. The Hall–Kier alpha value is -1.21. The summed E-state index contributed by atoms with van der Waals surface area (Å²) in [6.07, 6.45) is 62.5. The number of carbonyl (C=O) groups is 1. The van der Waals surface area contributed by atoms with Crippen molar-refractivity contribution < 1.29 is 25.2 Å². The third-order valence-electron chi connectivity index (χ3n) is 13.4. The van der Waals surface area contributed by atoms with Gasteiger partial charge in [-0.25, -0.2) is 0 Å². The third kappa shape index (κ3) is 45.7. The number of aliphatic hydroxyl groups is 4. The number of hydrogen-bond donors (Lipinski definition) is 5. The number of rotatable bonds is 52. The summed E-state index contributed by atoms with van der Waals surface area (Å²) in [5, 5.41) is 43.9. The van der Waals surface area contributed by atoms with Gasteiger partial charge in [0.2, 0.25) is 5.91 Å². The van der Waals surface area contributed by atoms with Crippen molar-refractivity contribution in [1.82, 2.24) is 5.32 Å². The number of amides is 1. The standard InChI is InChI=1S/C57H111NO5/c1-3-5-7-9-11-13-15-17-19-21-23-25-26-27-28-29-30-31-33-34-36-38-40-42-44-46-48-50-54(60)56(62)53(52-59)58-57(63)55(61)51-49-47-45-43-41-39-37-35-32-24-22-20-18-16-14-12-10-8-6-4-2/h34,36,42,44,53-56,59-62H,3-33,35,37-41,43,45-52H2,1-2H3,(H,58,63)/b36-34+,44-42+. The molecule has 0 aromatic rings. The van der Waals surface area contributed by atoms with Crippen molar-refractivity contribution in [1.29, 1.82) is 0 Å². The monoisotopic (exact) mass is 890 g/mol. The van der Waals surface area contributed by atoms with Gasteiger partial charge in [0, 0.05) is 0 Å². The van der Waals surface area contributed by atoms with E-state index in [-0.39, 0.29) is 0 Å². The molecule has 0 bridgehead atoms. The topological polar surface area (TPSA) is 110 Å². The molecule has 0 aliphatic heterocycles. The van der Waals surface area contributed by atoms with Gasteiger partial charge in [-0.1, -0.05) is 276 Å². The summed E-state index contributed by atoms with van der Waals surface area (Å²) in [6, 6.07) is -1.01. The molecular formula is C57H111NO5. The van der Waals surface area contributed by atoms with Crippen LogP contribution in [0.5, 0.6) is 0 Å². The molecule has 4 atom stereocenters. The minimum atomic E-state index is -1.29. The lowest BCUT2D eigenvalue weighted by molar-refractivity contribution is -0.132. The predicted octanol–water partition coefficient (Wildman–Crippen LogP) is 16.3. The van der Waals surface area contributed by atoms with E-state index in [1.54, 1.807) is 0 Å². The molecule has 4 unspecified atom stereocenters. The predicted molar refractivity (Wildman–Crippen MR) is 274 cm³/mol. The van der Waals surface area contributed by atoms with E-state index in [1.165, 1.54) is 231 Å². The van der Waals surface area contributed by atoms with Crippen LogP contribution in [0.2, 0.25) is 0 Å². The van der Waals surface area contributed by atoms with Gasteiger partial charge in [-0.2, -0.15) is 0 Å². The van der Waals surface area contributed by atoms with Crippen LogP contribution in [-0.2, 0) is 4.79 Å². The van der Waals surface area contributed by atoms with Gasteiger partial charge < -0.3 is 25.7 Å². The van der Waals surface area contributed by atoms with Crippen LogP contribution >= 0.6 is 0 Å². The average Bonchev–Trinajstić information content (AvgIpc) is 3.29. The van der Waals surface area contributed by atoms with Crippen LogP contribution in [0.15, 0.2) is 24.3 Å². The molecule has 0 aliphatic carbocycles. The van der Waals surface area contributed by atoms with Gasteiger partial charge >= 0.3 is 0 Å². The zero-order valence-corrected chi connectivity index (χ0v) is 42.3. The first-order valence-corrected chi connectivity index (χ1v) is 28.2. The SMILES string of the molecule is CCCCCCCCCCCCCCCCCCCC/C=C/CC/C=C/CCCC(O)C(O)C(CO)NC(=O)C(O)CCCCCCCCCCCCCCCCCCCCCC. The molecule has 1 amide bonds. The Morgan fingerprint density at radius 3 is 1.00 bits per heavy atom. The third-order valence-corrected chi connectivity index (χ3v) is 13.4. The summed E-state index contributed by atoms with van der Waals surface area (Å²) in [5.74, 6) is -0.592. The zero-order valence-electron chi connectivity index (χ0n) is 42.3. The van der Waals surface area contributed by atoms with E-state index in [0.717, 1.165) is 38.5 Å². The summed E-state index contributed by atoms with van der Waals surface area (Å²) in [7, 11) is 0. The molecule has 0 saturated heterocycles. The lowest BCUT2D eigenvalue weighted by Crippen LogP contribution is -2.53. The first kappa shape index (κ1) is 61.8. The Balaban J connectivity index is 3.67. The molecule has 6 heteroatoms. The minimum Gasteiger partial charge on any atom is -0.394 e. The van der Waals surface area contributed by atoms with Crippen LogP contribution < -0.4 is 5.32 Å². The maximum absolute atomic E-state index is 12.6. The maximum atomic E-state index is 12.6. The van der Waals surface area contributed by atoms with E-state index in [0.29, 0.717) is 19.3 Å². The number of unbranched alkanes of at least 4 members (excludes halogenated alkanes) is 39. The van der Waals surface area contributed by atoms with Gasteiger partial charge in [-0.05, 0) is 51.4 Å². The van der Waals surface area contributed by atoms with Crippen molar-refractivity contribution in [3.05, 3.63) is 24.3 Å². The molecule has 6 nitrogen and oxygen atoms in total. The number of hydrogen-bond acceptors (Lipinski definition) is 5. The summed E-state index contributed by atoms with van der Waals surface area (Å²) >= 11 is 0. The summed E-state index contributed by atoms with van der Waals surface area (Å²) in [4.78, 5) is 12.6. The van der Waals surface area contributed by atoms with Gasteiger partial charge in [0.05, 0.1) is 18.8 Å². The van der Waals surface area contributed by atoms with Crippen molar-refractivity contribution in [2.45, 2.75) is 327 Å². The van der Waals surface area contributed by atoms with Crippen LogP contribution in [0.3, 0.4) is 0 Å². The Morgan fingerprint density at radius 1 is 0.381 bits per heavy atom. The summed E-state index contributed by atoms with van der Waals surface area (Å²) in [6.45, 7) is 4.08. The number of allylic oxidation sites excluding steroid dienone is 4. The Kier molecular flexibility index (Phi) is 50.8. The van der Waals surface area contributed by atoms with Gasteiger partial charge in [0.1, 0.15) is 12.2 Å². The van der Waals surface area contributed by atoms with Gasteiger partial charge in [-0.3, -0.25) is 4.79 Å². The van der Waals surface area contributed by atoms with Gasteiger partial charge in [-0.15, -0.1) is 0 Å². The molecule has 374 valence electrons. The minimum absolute atomic E-state index is 0.364. The van der Waals surface area contributed by atoms with Crippen molar-refractivity contribution >= 4 is 5.91 Å². The second kappa shape index (κ2) is 51.8. The average molecular weight is 891 g/mol. The van der Waals surface area contributed by atoms with Crippen molar-refractivity contribution in [2.75, 3.05) is 6.61 Å². The molecule has 0 aliphatic rings. The Morgan fingerprint density at radius 2 is 0.667 bits per heavy atom. The molecular weight excluding hydrogens is 779 g/mol.